The van der Waals surface area contributed by atoms with Crippen LogP contribution in [0, 0.1) is 0 Å². The maximum Gasteiger partial charge on any atom is 0.249 e. The summed E-state index contributed by atoms with van der Waals surface area (Å²) in [5, 5.41) is 8.91. The molecule has 0 saturated carbocycles. The van der Waals surface area contributed by atoms with Crippen LogP contribution >= 0.6 is 0 Å². The summed E-state index contributed by atoms with van der Waals surface area (Å²) in [4.78, 5) is 24.3. The average Bonchev–Trinajstić information content (AvgIpc) is 2.93. The number of anilines is 1. The second-order valence-corrected chi connectivity index (χ2v) is 8.31. The largest absolute Gasteiger partial charge is 0.494 e. The molecule has 0 bridgehead atoms. The summed E-state index contributed by atoms with van der Waals surface area (Å²) in [5.41, 5.74) is 4.71. The highest BCUT2D eigenvalue weighted by Gasteiger charge is 2.10. The molecule has 38 heavy (non-hydrogen) atoms. The SMILES string of the molecule is CCOc1ccc(NC(=O)CC(=O)NN=Cc2ccc(OCc3cccc4ccccc34)c(OC)c2)cc1. The van der Waals surface area contributed by atoms with E-state index in [9.17, 15) is 9.59 Å². The molecule has 0 saturated heterocycles. The fourth-order valence-corrected chi connectivity index (χ4v) is 3.83. The molecule has 8 nitrogen and oxygen atoms in total. The van der Waals surface area contributed by atoms with E-state index in [4.69, 9.17) is 14.2 Å². The van der Waals surface area contributed by atoms with Gasteiger partial charge in [0.1, 0.15) is 18.8 Å². The van der Waals surface area contributed by atoms with Gasteiger partial charge in [-0.2, -0.15) is 5.10 Å². The van der Waals surface area contributed by atoms with Crippen molar-refractivity contribution in [2.45, 2.75) is 20.0 Å². The highest BCUT2D eigenvalue weighted by molar-refractivity contribution is 6.03. The molecule has 0 aliphatic carbocycles. The van der Waals surface area contributed by atoms with Crippen LogP contribution in [0.25, 0.3) is 10.8 Å². The molecule has 0 aliphatic heterocycles. The quantitative estimate of drug-likeness (QED) is 0.162. The Morgan fingerprint density at radius 2 is 1.66 bits per heavy atom. The number of rotatable bonds is 11. The predicted molar refractivity (Wildman–Crippen MR) is 148 cm³/mol. The summed E-state index contributed by atoms with van der Waals surface area (Å²) in [6, 6.07) is 26.5. The van der Waals surface area contributed by atoms with Gasteiger partial charge in [-0.1, -0.05) is 42.5 Å². The lowest BCUT2D eigenvalue weighted by atomic mass is 10.1. The van der Waals surface area contributed by atoms with Crippen molar-refractivity contribution in [2.75, 3.05) is 19.0 Å². The van der Waals surface area contributed by atoms with Gasteiger partial charge in [0.25, 0.3) is 0 Å². The topological polar surface area (TPSA) is 98.2 Å². The Bertz CT molecular complexity index is 1430. The Morgan fingerprint density at radius 1 is 0.868 bits per heavy atom. The van der Waals surface area contributed by atoms with Crippen LogP contribution in [-0.4, -0.2) is 31.7 Å². The van der Waals surface area contributed by atoms with Crippen molar-refractivity contribution in [3.05, 3.63) is 96.1 Å². The Kier molecular flexibility index (Phi) is 8.91. The number of fused-ring (bicyclic) bond motifs is 1. The third-order valence-corrected chi connectivity index (χ3v) is 5.62. The number of benzene rings is 4. The summed E-state index contributed by atoms with van der Waals surface area (Å²) in [7, 11) is 1.56. The van der Waals surface area contributed by atoms with Gasteiger partial charge in [0, 0.05) is 5.69 Å². The fraction of sp³-hybridized carbons (Fsp3) is 0.167. The smallest absolute Gasteiger partial charge is 0.249 e. The minimum Gasteiger partial charge on any atom is -0.494 e. The van der Waals surface area contributed by atoms with Crippen LogP contribution in [0.5, 0.6) is 17.2 Å². The molecular formula is C30H29N3O5. The minimum absolute atomic E-state index is 0.366. The molecule has 194 valence electrons. The molecule has 8 heteroatoms. The first-order chi connectivity index (χ1) is 18.6. The number of carbonyl (C=O) groups is 2. The summed E-state index contributed by atoms with van der Waals surface area (Å²) < 4.78 is 16.9. The van der Waals surface area contributed by atoms with Gasteiger partial charge in [0.05, 0.1) is 19.9 Å². The zero-order valence-corrected chi connectivity index (χ0v) is 21.3. The minimum atomic E-state index is -0.535. The van der Waals surface area contributed by atoms with Crippen LogP contribution in [0.3, 0.4) is 0 Å². The number of hydrogen-bond acceptors (Lipinski definition) is 6. The molecule has 0 unspecified atom stereocenters. The highest BCUT2D eigenvalue weighted by atomic mass is 16.5. The lowest BCUT2D eigenvalue weighted by Crippen LogP contribution is -2.24. The molecule has 2 amide bonds. The maximum atomic E-state index is 12.1. The standard InChI is InChI=1S/C30H29N3O5/c1-3-37-25-14-12-24(13-15-25)32-29(34)18-30(35)33-31-19-21-11-16-27(28(17-21)36-2)38-20-23-9-6-8-22-7-4-5-10-26(22)23/h4-17,19H,3,18,20H2,1-2H3,(H,32,34)(H,33,35). The Labute approximate surface area is 221 Å². The maximum absolute atomic E-state index is 12.1. The van der Waals surface area contributed by atoms with Gasteiger partial charge in [0.15, 0.2) is 11.5 Å². The van der Waals surface area contributed by atoms with Gasteiger partial charge < -0.3 is 19.5 Å². The molecule has 4 aromatic rings. The van der Waals surface area contributed by atoms with Crippen molar-refractivity contribution in [3.63, 3.8) is 0 Å². The van der Waals surface area contributed by atoms with Gasteiger partial charge in [-0.3, -0.25) is 9.59 Å². The first-order valence-electron chi connectivity index (χ1n) is 12.2. The fourth-order valence-electron chi connectivity index (χ4n) is 3.83. The number of nitrogens with zero attached hydrogens (tertiary/aromatic N) is 1. The van der Waals surface area contributed by atoms with E-state index in [0.29, 0.717) is 41.7 Å². The number of hydrogen-bond donors (Lipinski definition) is 2. The molecule has 0 heterocycles. The number of carbonyl (C=O) groups excluding carboxylic acids is 2. The molecule has 0 aliphatic rings. The first-order valence-corrected chi connectivity index (χ1v) is 12.2. The zero-order chi connectivity index (χ0) is 26.7. The van der Waals surface area contributed by atoms with Gasteiger partial charge in [0.2, 0.25) is 11.8 Å². The van der Waals surface area contributed by atoms with Gasteiger partial charge in [-0.15, -0.1) is 0 Å². The monoisotopic (exact) mass is 511 g/mol. The Balaban J connectivity index is 1.29. The van der Waals surface area contributed by atoms with Crippen LogP contribution in [0.15, 0.2) is 90.0 Å². The van der Waals surface area contributed by atoms with Crippen molar-refractivity contribution in [2.24, 2.45) is 5.10 Å². The average molecular weight is 512 g/mol. The number of nitrogens with one attached hydrogen (secondary N) is 2. The van der Waals surface area contributed by atoms with E-state index in [-0.39, 0.29) is 6.42 Å². The number of methoxy groups -OCH3 is 1. The Morgan fingerprint density at radius 3 is 2.45 bits per heavy atom. The summed E-state index contributed by atoms with van der Waals surface area (Å²) in [6.45, 7) is 2.84. The summed E-state index contributed by atoms with van der Waals surface area (Å²) in [6.07, 6.45) is 1.11. The molecule has 0 fully saturated rings. The summed E-state index contributed by atoms with van der Waals surface area (Å²) >= 11 is 0. The van der Waals surface area contributed by atoms with Crippen molar-refractivity contribution < 1.29 is 23.8 Å². The predicted octanol–water partition coefficient (Wildman–Crippen LogP) is 5.31. The molecule has 4 aromatic carbocycles. The number of ether oxygens (including phenoxy) is 3. The molecule has 0 atom stereocenters. The molecule has 4 rings (SSSR count). The van der Waals surface area contributed by atoms with Crippen molar-refractivity contribution in [3.8, 4) is 17.2 Å². The van der Waals surface area contributed by atoms with E-state index < -0.39 is 11.8 Å². The summed E-state index contributed by atoms with van der Waals surface area (Å²) in [5.74, 6) is 0.851. The van der Waals surface area contributed by atoms with E-state index in [1.807, 2.05) is 31.2 Å². The van der Waals surface area contributed by atoms with E-state index in [2.05, 4.69) is 34.0 Å². The molecular weight excluding hydrogens is 482 g/mol. The number of amides is 2. The lowest BCUT2D eigenvalue weighted by Gasteiger charge is -2.12. The number of hydrazone groups is 1. The van der Waals surface area contributed by atoms with Crippen LogP contribution in [0.4, 0.5) is 5.69 Å². The van der Waals surface area contributed by atoms with E-state index in [1.165, 1.54) is 6.21 Å². The first kappa shape index (κ1) is 26.2. The van der Waals surface area contributed by atoms with Crippen molar-refractivity contribution >= 4 is 34.5 Å². The third kappa shape index (κ3) is 7.10. The van der Waals surface area contributed by atoms with E-state index in [0.717, 1.165) is 16.3 Å². The van der Waals surface area contributed by atoms with E-state index in [1.54, 1.807) is 49.6 Å². The third-order valence-electron chi connectivity index (χ3n) is 5.62. The second-order valence-electron chi connectivity index (χ2n) is 8.31. The van der Waals surface area contributed by atoms with Crippen LogP contribution in [-0.2, 0) is 16.2 Å². The zero-order valence-electron chi connectivity index (χ0n) is 21.3. The van der Waals surface area contributed by atoms with Gasteiger partial charge in [-0.25, -0.2) is 5.43 Å². The molecule has 0 spiro atoms. The van der Waals surface area contributed by atoms with Crippen LogP contribution in [0.2, 0.25) is 0 Å². The molecule has 2 N–H and O–H groups in total. The van der Waals surface area contributed by atoms with Crippen molar-refractivity contribution in [1.29, 1.82) is 0 Å². The van der Waals surface area contributed by atoms with E-state index >= 15 is 0 Å². The van der Waals surface area contributed by atoms with Crippen LogP contribution in [0.1, 0.15) is 24.5 Å². The van der Waals surface area contributed by atoms with Crippen molar-refractivity contribution in [1.82, 2.24) is 5.43 Å². The Hall–Kier alpha value is -4.85. The van der Waals surface area contributed by atoms with Gasteiger partial charge in [-0.05, 0) is 71.3 Å². The van der Waals surface area contributed by atoms with Crippen LogP contribution < -0.4 is 25.0 Å². The second kappa shape index (κ2) is 12.9. The molecule has 0 aromatic heterocycles. The highest BCUT2D eigenvalue weighted by Crippen LogP contribution is 2.29. The lowest BCUT2D eigenvalue weighted by molar-refractivity contribution is -0.126. The normalized spacial score (nSPS) is 10.8. The van der Waals surface area contributed by atoms with Gasteiger partial charge >= 0.3 is 0 Å². The molecule has 0 radical (unpaired) electrons.